The molecule has 0 radical (unpaired) electrons. The molecule has 0 amide bonds. The lowest BCUT2D eigenvalue weighted by molar-refractivity contribution is 0.0409. The number of rotatable bonds is 5. The molecule has 4 nitrogen and oxygen atoms in total. The van der Waals surface area contributed by atoms with E-state index in [4.69, 9.17) is 5.73 Å². The molecule has 3 N–H and O–H groups in total. The fourth-order valence-corrected chi connectivity index (χ4v) is 9.34. The van der Waals surface area contributed by atoms with Gasteiger partial charge in [-0.25, -0.2) is 0 Å². The molecular weight excluding hydrogens is 470 g/mol. The van der Waals surface area contributed by atoms with Gasteiger partial charge in [-0.15, -0.1) is 28.6 Å². The van der Waals surface area contributed by atoms with E-state index in [1.165, 1.54) is 54.7 Å². The van der Waals surface area contributed by atoms with Crippen LogP contribution < -0.4 is 11.1 Å². The summed E-state index contributed by atoms with van der Waals surface area (Å²) >= 11 is 3.38. The third kappa shape index (κ3) is 4.95. The first-order valence-corrected chi connectivity index (χ1v) is 14.7. The van der Waals surface area contributed by atoms with Crippen molar-refractivity contribution in [3.05, 3.63) is 34.0 Å². The van der Waals surface area contributed by atoms with E-state index in [2.05, 4.69) is 46.4 Å². The minimum atomic E-state index is 0.140. The van der Waals surface area contributed by atoms with Gasteiger partial charge < -0.3 is 11.1 Å². The first-order chi connectivity index (χ1) is 17.0. The van der Waals surface area contributed by atoms with Crippen molar-refractivity contribution >= 4 is 34.4 Å². The minimum Gasteiger partial charge on any atom is -0.370 e. The molecule has 3 aliphatic carbocycles. The molecule has 0 saturated heterocycles. The van der Waals surface area contributed by atoms with E-state index in [1.807, 2.05) is 6.92 Å². The molecule has 3 aliphatic rings. The maximum absolute atomic E-state index is 14.1. The van der Waals surface area contributed by atoms with Gasteiger partial charge in [0.05, 0.1) is 9.75 Å². The highest BCUT2D eigenvalue weighted by molar-refractivity contribution is 7.23. The summed E-state index contributed by atoms with van der Waals surface area (Å²) in [5.74, 6) is 7.73. The van der Waals surface area contributed by atoms with Gasteiger partial charge in [0.25, 0.3) is 0 Å². The topological polar surface area (TPSA) is 67.5 Å². The van der Waals surface area contributed by atoms with Crippen molar-refractivity contribution in [2.75, 3.05) is 13.6 Å². The van der Waals surface area contributed by atoms with Crippen molar-refractivity contribution in [2.45, 2.75) is 71.1 Å². The number of guanidine groups is 1. The van der Waals surface area contributed by atoms with Crippen molar-refractivity contribution < 1.29 is 4.79 Å². The number of nitrogens with zero attached hydrogens (tertiary/aromatic N) is 1. The average Bonchev–Trinajstić information content (AvgIpc) is 3.66. The number of carbonyl (C=O) groups is 1. The standard InChI is InChI=1S/C29H37N3OS2/c1-3-6-21-8-10-23(34-21)24-11-12-25(35-24)26(33)22-9-7-20(18-32-27(30)31-2)17-29(22)16-15-28(19-29)13-4-5-14-28/h8,10-12,20,22H,4-5,7,9,13-19H2,1-2H3,(H3,30,31,32). The normalized spacial score (nSPS) is 27.8. The molecule has 3 saturated carbocycles. The predicted molar refractivity (Wildman–Crippen MR) is 148 cm³/mol. The molecule has 5 rings (SSSR count). The number of nitrogens with two attached hydrogens (primary N) is 1. The van der Waals surface area contributed by atoms with Gasteiger partial charge in [0.2, 0.25) is 0 Å². The summed E-state index contributed by atoms with van der Waals surface area (Å²) in [5, 5.41) is 3.31. The Balaban J connectivity index is 1.37. The third-order valence-corrected chi connectivity index (χ3v) is 11.2. The van der Waals surface area contributed by atoms with Crippen LogP contribution >= 0.6 is 22.7 Å². The van der Waals surface area contributed by atoms with Crippen molar-refractivity contribution in [1.82, 2.24) is 5.32 Å². The van der Waals surface area contributed by atoms with Crippen molar-refractivity contribution in [2.24, 2.45) is 33.4 Å². The first-order valence-electron chi connectivity index (χ1n) is 13.1. The van der Waals surface area contributed by atoms with Gasteiger partial charge in [0.1, 0.15) is 0 Å². The lowest BCUT2D eigenvalue weighted by Gasteiger charge is -2.45. The number of aliphatic imine (C=N–C) groups is 1. The second kappa shape index (κ2) is 10.1. The molecule has 0 aromatic carbocycles. The Morgan fingerprint density at radius 1 is 1.11 bits per heavy atom. The quantitative estimate of drug-likeness (QED) is 0.204. The summed E-state index contributed by atoms with van der Waals surface area (Å²) in [6.45, 7) is 2.73. The number of Topliss-reactive ketones (excluding diaryl/α,β-unsaturated/α-hetero) is 1. The van der Waals surface area contributed by atoms with Crippen LogP contribution in [0.15, 0.2) is 29.3 Å². The summed E-state index contributed by atoms with van der Waals surface area (Å²) < 4.78 is 0. The summed E-state index contributed by atoms with van der Waals surface area (Å²) in [4.78, 5) is 22.5. The van der Waals surface area contributed by atoms with E-state index in [-0.39, 0.29) is 11.3 Å². The van der Waals surface area contributed by atoms with Gasteiger partial charge in [0.15, 0.2) is 11.7 Å². The second-order valence-electron chi connectivity index (χ2n) is 11.0. The van der Waals surface area contributed by atoms with E-state index in [0.717, 1.165) is 35.6 Å². The number of hydrogen-bond donors (Lipinski definition) is 2. The number of hydrogen-bond acceptors (Lipinski definition) is 4. The molecule has 2 aromatic heterocycles. The van der Waals surface area contributed by atoms with Gasteiger partial charge in [-0.1, -0.05) is 18.8 Å². The molecule has 35 heavy (non-hydrogen) atoms. The van der Waals surface area contributed by atoms with Crippen LogP contribution in [-0.4, -0.2) is 25.3 Å². The summed E-state index contributed by atoms with van der Waals surface area (Å²) in [7, 11) is 1.73. The van der Waals surface area contributed by atoms with E-state index >= 15 is 0 Å². The van der Waals surface area contributed by atoms with Crippen molar-refractivity contribution in [3.63, 3.8) is 0 Å². The molecule has 0 aliphatic heterocycles. The van der Waals surface area contributed by atoms with E-state index in [0.29, 0.717) is 23.1 Å². The molecule has 3 atom stereocenters. The van der Waals surface area contributed by atoms with Crippen LogP contribution in [0.1, 0.15) is 85.7 Å². The molecule has 2 aromatic rings. The van der Waals surface area contributed by atoms with Gasteiger partial charge in [0, 0.05) is 29.3 Å². The minimum absolute atomic E-state index is 0.140. The fraction of sp³-hybridized carbons (Fsp3) is 0.586. The van der Waals surface area contributed by atoms with Crippen LogP contribution in [0.2, 0.25) is 0 Å². The third-order valence-electron chi connectivity index (χ3n) is 8.92. The van der Waals surface area contributed by atoms with Gasteiger partial charge >= 0.3 is 0 Å². The van der Waals surface area contributed by atoms with E-state index in [9.17, 15) is 4.79 Å². The Morgan fingerprint density at radius 3 is 2.66 bits per heavy atom. The lowest BCUT2D eigenvalue weighted by Crippen LogP contribution is -2.44. The predicted octanol–water partition coefficient (Wildman–Crippen LogP) is 6.71. The van der Waals surface area contributed by atoms with E-state index in [1.54, 1.807) is 29.7 Å². The largest absolute Gasteiger partial charge is 0.370 e. The zero-order valence-electron chi connectivity index (χ0n) is 21.0. The van der Waals surface area contributed by atoms with Crippen LogP contribution in [-0.2, 0) is 0 Å². The highest BCUT2D eigenvalue weighted by atomic mass is 32.1. The number of carbonyl (C=O) groups excluding carboxylic acids is 1. The van der Waals surface area contributed by atoms with Crippen LogP contribution in [0, 0.1) is 34.5 Å². The lowest BCUT2D eigenvalue weighted by atomic mass is 9.59. The average molecular weight is 508 g/mol. The molecular formula is C29H37N3OS2. The summed E-state index contributed by atoms with van der Waals surface area (Å²) in [5.41, 5.74) is 6.56. The van der Waals surface area contributed by atoms with E-state index < -0.39 is 0 Å². The molecule has 0 bridgehead atoms. The molecule has 2 heterocycles. The van der Waals surface area contributed by atoms with Crippen LogP contribution in [0.25, 0.3) is 9.75 Å². The molecule has 3 unspecified atom stereocenters. The number of ketones is 1. The Hall–Kier alpha value is -2.10. The maximum atomic E-state index is 14.1. The van der Waals surface area contributed by atoms with Gasteiger partial charge in [-0.3, -0.25) is 9.79 Å². The number of nitrogens with one attached hydrogen (secondary N) is 1. The Bertz CT molecular complexity index is 1160. The zero-order chi connectivity index (χ0) is 24.5. The molecule has 3 fully saturated rings. The highest BCUT2D eigenvalue weighted by Crippen LogP contribution is 2.64. The Labute approximate surface area is 217 Å². The summed E-state index contributed by atoms with van der Waals surface area (Å²) in [6.07, 6.45) is 12.4. The van der Waals surface area contributed by atoms with Crippen LogP contribution in [0.5, 0.6) is 0 Å². The van der Waals surface area contributed by atoms with Gasteiger partial charge in [-0.2, -0.15) is 0 Å². The van der Waals surface area contributed by atoms with Crippen LogP contribution in [0.3, 0.4) is 0 Å². The molecule has 186 valence electrons. The fourth-order valence-electron chi connectivity index (χ4n) is 7.34. The maximum Gasteiger partial charge on any atom is 0.188 e. The highest BCUT2D eigenvalue weighted by Gasteiger charge is 2.56. The molecule has 6 heteroatoms. The van der Waals surface area contributed by atoms with Crippen molar-refractivity contribution in [1.29, 1.82) is 0 Å². The summed E-state index contributed by atoms with van der Waals surface area (Å²) in [6, 6.07) is 8.43. The monoisotopic (exact) mass is 507 g/mol. The number of thiophene rings is 2. The molecule has 2 spiro atoms. The first kappa shape index (κ1) is 24.6. The Morgan fingerprint density at radius 2 is 1.89 bits per heavy atom. The second-order valence-corrected chi connectivity index (χ2v) is 13.2. The van der Waals surface area contributed by atoms with Crippen molar-refractivity contribution in [3.8, 4) is 21.6 Å². The zero-order valence-corrected chi connectivity index (χ0v) is 22.6. The van der Waals surface area contributed by atoms with Gasteiger partial charge in [-0.05, 0) is 99.3 Å². The SMILES string of the molecule is CC#Cc1ccc(-c2ccc(C(=O)C3CCC(CNC(N)=NC)CC34CCC3(CCCC3)C4)s2)s1. The van der Waals surface area contributed by atoms with Crippen LogP contribution in [0.4, 0.5) is 0 Å². The Kier molecular flexibility index (Phi) is 7.10. The smallest absolute Gasteiger partial charge is 0.188 e.